The monoisotopic (exact) mass is 281 g/mol. The summed E-state index contributed by atoms with van der Waals surface area (Å²) < 4.78 is 0. The summed E-state index contributed by atoms with van der Waals surface area (Å²) in [5.74, 6) is -1.26. The number of hydroxylamine groups is 1. The highest BCUT2D eigenvalue weighted by Crippen LogP contribution is 2.19. The van der Waals surface area contributed by atoms with Crippen molar-refractivity contribution in [3.63, 3.8) is 0 Å². The molecule has 19 heavy (non-hydrogen) atoms. The van der Waals surface area contributed by atoms with Crippen LogP contribution in [0.15, 0.2) is 36.7 Å². The van der Waals surface area contributed by atoms with Crippen molar-refractivity contribution in [3.05, 3.63) is 47.3 Å². The fourth-order valence-corrected chi connectivity index (χ4v) is 1.96. The van der Waals surface area contributed by atoms with Crippen LogP contribution < -0.4 is 16.1 Å². The van der Waals surface area contributed by atoms with Gasteiger partial charge in [0.25, 0.3) is 11.8 Å². The average molecular weight is 282 g/mol. The van der Waals surface area contributed by atoms with E-state index in [1.165, 1.54) is 0 Å². The van der Waals surface area contributed by atoms with Crippen molar-refractivity contribution in [2.45, 2.75) is 12.0 Å². The van der Waals surface area contributed by atoms with Crippen molar-refractivity contribution in [1.29, 1.82) is 0 Å². The molecule has 1 aliphatic rings. The molecular formula is C12H12ClN3O3. The van der Waals surface area contributed by atoms with Crippen LogP contribution in [-0.2, 0) is 16.0 Å². The zero-order valence-electron chi connectivity index (χ0n) is 9.87. The summed E-state index contributed by atoms with van der Waals surface area (Å²) in [5, 5.41) is 14.5. The molecule has 0 aliphatic carbocycles. The van der Waals surface area contributed by atoms with Gasteiger partial charge in [-0.15, -0.1) is 0 Å². The second-order valence-corrected chi connectivity index (χ2v) is 4.64. The molecular weight excluding hydrogens is 270 g/mol. The molecule has 1 heterocycles. The Kier molecular flexibility index (Phi) is 3.57. The Morgan fingerprint density at radius 3 is 2.21 bits per heavy atom. The molecule has 4 N–H and O–H groups in total. The Morgan fingerprint density at radius 2 is 1.74 bits per heavy atom. The maximum absolute atomic E-state index is 12.0. The Labute approximate surface area is 114 Å². The summed E-state index contributed by atoms with van der Waals surface area (Å²) in [6.45, 7) is 3.44. The fraction of sp³-hybridized carbons (Fsp3) is 0.167. The maximum atomic E-state index is 12.0. The van der Waals surface area contributed by atoms with E-state index < -0.39 is 17.4 Å². The Balaban J connectivity index is 2.32. The van der Waals surface area contributed by atoms with Gasteiger partial charge in [-0.2, -0.15) is 5.48 Å². The van der Waals surface area contributed by atoms with E-state index in [2.05, 4.69) is 17.2 Å². The molecule has 0 saturated carbocycles. The molecule has 0 radical (unpaired) electrons. The molecule has 1 fully saturated rings. The molecule has 2 rings (SSSR count). The summed E-state index contributed by atoms with van der Waals surface area (Å²) >= 11 is 5.76. The van der Waals surface area contributed by atoms with Gasteiger partial charge in [-0.25, -0.2) is 0 Å². The highest BCUT2D eigenvalue weighted by atomic mass is 35.5. The normalized spacial score (nSPS) is 17.9. The number of amides is 2. The average Bonchev–Trinajstić information content (AvgIpc) is 2.36. The zero-order chi connectivity index (χ0) is 14.0. The van der Waals surface area contributed by atoms with E-state index in [0.29, 0.717) is 10.6 Å². The van der Waals surface area contributed by atoms with E-state index >= 15 is 0 Å². The van der Waals surface area contributed by atoms with Crippen LogP contribution >= 0.6 is 11.6 Å². The standard InChI is InChI=1S/C12H12ClN3O3/c1-7-14-10(17)12(16-19,11(18)15-7)6-8-2-4-9(13)5-3-8/h2-5,16,19H,1,6H2,(H,14,17)(H,15,18). The van der Waals surface area contributed by atoms with Gasteiger partial charge in [-0.1, -0.05) is 30.3 Å². The van der Waals surface area contributed by atoms with Gasteiger partial charge in [0.2, 0.25) is 5.54 Å². The Bertz CT molecular complexity index is 522. The summed E-state index contributed by atoms with van der Waals surface area (Å²) in [7, 11) is 0. The number of halogens is 1. The van der Waals surface area contributed by atoms with Crippen LogP contribution in [0.3, 0.4) is 0 Å². The van der Waals surface area contributed by atoms with Crippen LogP contribution in [0.5, 0.6) is 0 Å². The van der Waals surface area contributed by atoms with Crippen molar-refractivity contribution in [3.8, 4) is 0 Å². The predicted molar refractivity (Wildman–Crippen MR) is 68.2 cm³/mol. The maximum Gasteiger partial charge on any atom is 0.258 e. The van der Waals surface area contributed by atoms with Gasteiger partial charge >= 0.3 is 0 Å². The smallest absolute Gasteiger partial charge is 0.258 e. The van der Waals surface area contributed by atoms with Crippen molar-refractivity contribution in [1.82, 2.24) is 16.1 Å². The molecule has 2 amide bonds. The summed E-state index contributed by atoms with van der Waals surface area (Å²) in [4.78, 5) is 23.9. The second kappa shape index (κ2) is 5.00. The van der Waals surface area contributed by atoms with Gasteiger partial charge < -0.3 is 15.8 Å². The number of hydrogen-bond donors (Lipinski definition) is 4. The lowest BCUT2D eigenvalue weighted by molar-refractivity contribution is -0.146. The minimum absolute atomic E-state index is 0.0222. The van der Waals surface area contributed by atoms with Gasteiger partial charge in [-0.3, -0.25) is 9.59 Å². The third kappa shape index (κ3) is 2.46. The number of hydrogen-bond acceptors (Lipinski definition) is 4. The van der Waals surface area contributed by atoms with Crippen molar-refractivity contribution in [2.24, 2.45) is 0 Å². The number of benzene rings is 1. The highest BCUT2D eigenvalue weighted by Gasteiger charge is 2.49. The quantitative estimate of drug-likeness (QED) is 0.474. The molecule has 7 heteroatoms. The van der Waals surface area contributed by atoms with Gasteiger partial charge in [-0.05, 0) is 17.7 Å². The minimum Gasteiger partial charge on any atom is -0.315 e. The van der Waals surface area contributed by atoms with E-state index in [1.54, 1.807) is 29.7 Å². The van der Waals surface area contributed by atoms with Gasteiger partial charge in [0, 0.05) is 11.4 Å². The largest absolute Gasteiger partial charge is 0.315 e. The van der Waals surface area contributed by atoms with E-state index in [1.807, 2.05) is 0 Å². The van der Waals surface area contributed by atoms with Gasteiger partial charge in [0.15, 0.2) is 0 Å². The predicted octanol–water partition coefficient (Wildman–Crippen LogP) is 0.317. The molecule has 0 bridgehead atoms. The molecule has 6 nitrogen and oxygen atoms in total. The molecule has 1 aromatic rings. The molecule has 1 saturated heterocycles. The van der Waals surface area contributed by atoms with E-state index in [-0.39, 0.29) is 12.2 Å². The van der Waals surface area contributed by atoms with Crippen LogP contribution in [0.2, 0.25) is 5.02 Å². The lowest BCUT2D eigenvalue weighted by Gasteiger charge is -2.34. The second-order valence-electron chi connectivity index (χ2n) is 4.21. The molecule has 1 aliphatic heterocycles. The Morgan fingerprint density at radius 1 is 1.21 bits per heavy atom. The van der Waals surface area contributed by atoms with Crippen molar-refractivity contribution < 1.29 is 14.8 Å². The van der Waals surface area contributed by atoms with E-state index in [4.69, 9.17) is 11.6 Å². The number of nitrogens with one attached hydrogen (secondary N) is 3. The zero-order valence-corrected chi connectivity index (χ0v) is 10.6. The number of carbonyl (C=O) groups is 2. The van der Waals surface area contributed by atoms with E-state index in [9.17, 15) is 14.8 Å². The Hall–Kier alpha value is -1.89. The lowest BCUT2D eigenvalue weighted by atomic mass is 9.88. The first-order valence-electron chi connectivity index (χ1n) is 5.45. The third-order valence-corrected chi connectivity index (χ3v) is 3.13. The topological polar surface area (TPSA) is 90.5 Å². The van der Waals surface area contributed by atoms with Crippen LogP contribution in [0.4, 0.5) is 0 Å². The highest BCUT2D eigenvalue weighted by molar-refractivity contribution is 6.30. The SMILES string of the molecule is C=C1NC(=O)C(Cc2ccc(Cl)cc2)(NO)C(=O)N1. The van der Waals surface area contributed by atoms with E-state index in [0.717, 1.165) is 0 Å². The van der Waals surface area contributed by atoms with Crippen molar-refractivity contribution in [2.75, 3.05) is 0 Å². The van der Waals surface area contributed by atoms with Crippen molar-refractivity contribution >= 4 is 23.4 Å². The minimum atomic E-state index is -1.78. The summed E-state index contributed by atoms with van der Waals surface area (Å²) in [6, 6.07) is 6.62. The van der Waals surface area contributed by atoms with Crippen LogP contribution in [0, 0.1) is 0 Å². The number of rotatable bonds is 3. The summed E-state index contributed by atoms with van der Waals surface area (Å²) in [6.07, 6.45) is -0.0222. The fourth-order valence-electron chi connectivity index (χ4n) is 1.83. The molecule has 0 unspecified atom stereocenters. The van der Waals surface area contributed by atoms with Crippen LogP contribution in [-0.4, -0.2) is 22.6 Å². The van der Waals surface area contributed by atoms with Gasteiger partial charge in [0.05, 0.1) is 0 Å². The summed E-state index contributed by atoms with van der Waals surface area (Å²) in [5.41, 5.74) is 0.690. The first kappa shape index (κ1) is 13.5. The van der Waals surface area contributed by atoms with Gasteiger partial charge in [0.1, 0.15) is 5.82 Å². The molecule has 0 atom stereocenters. The molecule has 0 aromatic heterocycles. The van der Waals surface area contributed by atoms with Crippen LogP contribution in [0.1, 0.15) is 5.56 Å². The first-order chi connectivity index (χ1) is 8.98. The molecule has 100 valence electrons. The van der Waals surface area contributed by atoms with Crippen LogP contribution in [0.25, 0.3) is 0 Å². The number of carbonyl (C=O) groups excluding carboxylic acids is 2. The first-order valence-corrected chi connectivity index (χ1v) is 5.83. The molecule has 1 aromatic carbocycles. The lowest BCUT2D eigenvalue weighted by Crippen LogP contribution is -2.70. The molecule has 0 spiro atoms. The third-order valence-electron chi connectivity index (χ3n) is 2.88.